The fourth-order valence-electron chi connectivity index (χ4n) is 1.79. The van der Waals surface area contributed by atoms with Gasteiger partial charge in [-0.05, 0) is 41.1 Å². The Balaban J connectivity index is 2.14. The molecular formula is C10H12IN3O. The number of carbonyl (C=O) groups is 1. The van der Waals surface area contributed by atoms with Gasteiger partial charge in [-0.2, -0.15) is 0 Å². The number of nitrogens with zero attached hydrogens (tertiary/aromatic N) is 2. The van der Waals surface area contributed by atoms with Crippen LogP contribution in [0.25, 0.3) is 0 Å². The molecule has 2 N–H and O–H groups in total. The van der Waals surface area contributed by atoms with Crippen LogP contribution >= 0.6 is 22.6 Å². The minimum absolute atomic E-state index is 0.0252. The topological polar surface area (TPSA) is 59.2 Å². The van der Waals surface area contributed by atoms with Crippen LogP contribution in [-0.2, 0) is 4.79 Å². The lowest BCUT2D eigenvalue weighted by Gasteiger charge is -2.17. The van der Waals surface area contributed by atoms with E-state index in [0.29, 0.717) is 6.54 Å². The van der Waals surface area contributed by atoms with Gasteiger partial charge >= 0.3 is 0 Å². The molecule has 0 aromatic carbocycles. The van der Waals surface area contributed by atoms with Gasteiger partial charge < -0.3 is 10.6 Å². The van der Waals surface area contributed by atoms with E-state index in [1.807, 2.05) is 12.1 Å². The normalized spacial score (nSPS) is 20.6. The second-order valence-corrected chi connectivity index (χ2v) is 4.81. The molecule has 1 fully saturated rings. The molecule has 4 nitrogen and oxygen atoms in total. The summed E-state index contributed by atoms with van der Waals surface area (Å²) in [5.41, 5.74) is 5.29. The first-order valence-corrected chi connectivity index (χ1v) is 5.91. The van der Waals surface area contributed by atoms with Gasteiger partial charge in [0, 0.05) is 19.3 Å². The summed E-state index contributed by atoms with van der Waals surface area (Å²) in [6.45, 7) is 1.56. The first kappa shape index (κ1) is 10.7. The summed E-state index contributed by atoms with van der Waals surface area (Å²) in [6.07, 6.45) is 2.61. The molecule has 1 aliphatic heterocycles. The zero-order valence-electron chi connectivity index (χ0n) is 8.19. The molecule has 1 saturated heterocycles. The standard InChI is InChI=1S/C10H12IN3O/c11-8-2-1-4-13-10(8)14-5-3-7(6-14)9(12)15/h1-2,4,7H,3,5-6H2,(H2,12,15). The molecule has 1 atom stereocenters. The number of anilines is 1. The maximum absolute atomic E-state index is 11.0. The largest absolute Gasteiger partial charge is 0.369 e. The van der Waals surface area contributed by atoms with Gasteiger partial charge in [-0.25, -0.2) is 4.98 Å². The zero-order chi connectivity index (χ0) is 10.8. The molecule has 1 aromatic rings. The first-order chi connectivity index (χ1) is 7.18. The molecule has 0 spiro atoms. The lowest BCUT2D eigenvalue weighted by atomic mass is 10.1. The molecule has 15 heavy (non-hydrogen) atoms. The summed E-state index contributed by atoms with van der Waals surface area (Å²) in [7, 11) is 0. The molecule has 1 aliphatic rings. The van der Waals surface area contributed by atoms with Gasteiger partial charge in [-0.1, -0.05) is 0 Å². The van der Waals surface area contributed by atoms with E-state index in [0.717, 1.165) is 22.4 Å². The van der Waals surface area contributed by atoms with Crippen LogP contribution in [0.2, 0.25) is 0 Å². The summed E-state index contributed by atoms with van der Waals surface area (Å²) < 4.78 is 1.11. The third kappa shape index (κ3) is 2.22. The average molecular weight is 317 g/mol. The predicted molar refractivity (Wildman–Crippen MR) is 66.5 cm³/mol. The van der Waals surface area contributed by atoms with Crippen molar-refractivity contribution in [2.45, 2.75) is 6.42 Å². The van der Waals surface area contributed by atoms with Crippen molar-refractivity contribution in [3.63, 3.8) is 0 Å². The lowest BCUT2D eigenvalue weighted by Crippen LogP contribution is -2.28. The van der Waals surface area contributed by atoms with Gasteiger partial charge in [0.15, 0.2) is 0 Å². The summed E-state index contributed by atoms with van der Waals surface area (Å²) in [6, 6.07) is 3.92. The number of nitrogens with two attached hydrogens (primary N) is 1. The Morgan fingerprint density at radius 3 is 3.07 bits per heavy atom. The predicted octanol–water partition coefficient (Wildman–Crippen LogP) is 0.998. The molecule has 1 amide bonds. The molecular weight excluding hydrogens is 305 g/mol. The molecule has 1 unspecified atom stereocenters. The monoisotopic (exact) mass is 317 g/mol. The quantitative estimate of drug-likeness (QED) is 0.828. The molecule has 5 heteroatoms. The smallest absolute Gasteiger partial charge is 0.222 e. The first-order valence-electron chi connectivity index (χ1n) is 4.83. The average Bonchev–Trinajstić information content (AvgIpc) is 2.67. The number of hydrogen-bond donors (Lipinski definition) is 1. The number of carbonyl (C=O) groups excluding carboxylic acids is 1. The molecule has 80 valence electrons. The second kappa shape index (κ2) is 4.34. The molecule has 0 aliphatic carbocycles. The number of primary amides is 1. The van der Waals surface area contributed by atoms with E-state index in [4.69, 9.17) is 5.73 Å². The van der Waals surface area contributed by atoms with Gasteiger partial charge in [-0.3, -0.25) is 4.79 Å². The van der Waals surface area contributed by atoms with Gasteiger partial charge in [0.05, 0.1) is 9.49 Å². The third-order valence-corrected chi connectivity index (χ3v) is 3.47. The second-order valence-electron chi connectivity index (χ2n) is 3.64. The van der Waals surface area contributed by atoms with Crippen molar-refractivity contribution >= 4 is 34.3 Å². The van der Waals surface area contributed by atoms with E-state index >= 15 is 0 Å². The fraction of sp³-hybridized carbons (Fsp3) is 0.400. The molecule has 2 heterocycles. The summed E-state index contributed by atoms with van der Waals surface area (Å²) in [5.74, 6) is 0.730. The van der Waals surface area contributed by atoms with Crippen molar-refractivity contribution in [3.05, 3.63) is 21.9 Å². The van der Waals surface area contributed by atoms with Crippen molar-refractivity contribution in [1.29, 1.82) is 0 Å². The van der Waals surface area contributed by atoms with Crippen LogP contribution in [0.4, 0.5) is 5.82 Å². The number of rotatable bonds is 2. The Morgan fingerprint density at radius 2 is 2.47 bits per heavy atom. The Bertz CT molecular complexity index is 383. The van der Waals surface area contributed by atoms with Crippen LogP contribution in [0.5, 0.6) is 0 Å². The maximum Gasteiger partial charge on any atom is 0.222 e. The summed E-state index contributed by atoms with van der Waals surface area (Å²) in [4.78, 5) is 17.5. The number of hydrogen-bond acceptors (Lipinski definition) is 3. The molecule has 0 bridgehead atoms. The van der Waals surface area contributed by atoms with E-state index in [-0.39, 0.29) is 11.8 Å². The van der Waals surface area contributed by atoms with Crippen LogP contribution in [0, 0.1) is 9.49 Å². The van der Waals surface area contributed by atoms with Crippen molar-refractivity contribution < 1.29 is 4.79 Å². The van der Waals surface area contributed by atoms with Crippen molar-refractivity contribution in [1.82, 2.24) is 4.98 Å². The van der Waals surface area contributed by atoms with Crippen molar-refractivity contribution in [2.24, 2.45) is 11.7 Å². The molecule has 0 radical (unpaired) electrons. The van der Waals surface area contributed by atoms with Crippen molar-refractivity contribution in [2.75, 3.05) is 18.0 Å². The van der Waals surface area contributed by atoms with Gasteiger partial charge in [0.1, 0.15) is 5.82 Å². The fourth-order valence-corrected chi connectivity index (χ4v) is 2.48. The zero-order valence-corrected chi connectivity index (χ0v) is 10.3. The SMILES string of the molecule is NC(=O)C1CCN(c2ncccc2I)C1. The van der Waals surface area contributed by atoms with Crippen LogP contribution in [-0.4, -0.2) is 24.0 Å². The van der Waals surface area contributed by atoms with Crippen LogP contribution in [0.1, 0.15) is 6.42 Å². The lowest BCUT2D eigenvalue weighted by molar-refractivity contribution is -0.121. The minimum atomic E-state index is -0.205. The highest BCUT2D eigenvalue weighted by atomic mass is 127. The minimum Gasteiger partial charge on any atom is -0.369 e. The third-order valence-electron chi connectivity index (χ3n) is 2.63. The number of aromatic nitrogens is 1. The van der Waals surface area contributed by atoms with E-state index < -0.39 is 0 Å². The highest BCUT2D eigenvalue weighted by Crippen LogP contribution is 2.25. The van der Waals surface area contributed by atoms with E-state index in [2.05, 4.69) is 32.5 Å². The number of pyridine rings is 1. The van der Waals surface area contributed by atoms with Gasteiger partial charge in [0.25, 0.3) is 0 Å². The summed E-state index contributed by atoms with van der Waals surface area (Å²) >= 11 is 2.25. The highest BCUT2D eigenvalue weighted by Gasteiger charge is 2.28. The molecule has 0 saturated carbocycles. The Hall–Kier alpha value is -0.850. The van der Waals surface area contributed by atoms with E-state index in [1.54, 1.807) is 6.20 Å². The van der Waals surface area contributed by atoms with Gasteiger partial charge in [0.2, 0.25) is 5.91 Å². The van der Waals surface area contributed by atoms with E-state index in [1.165, 1.54) is 0 Å². The Morgan fingerprint density at radius 1 is 1.67 bits per heavy atom. The number of amides is 1. The molecule has 2 rings (SSSR count). The Labute approximate surface area is 102 Å². The highest BCUT2D eigenvalue weighted by molar-refractivity contribution is 14.1. The van der Waals surface area contributed by atoms with Gasteiger partial charge in [-0.15, -0.1) is 0 Å². The van der Waals surface area contributed by atoms with Crippen LogP contribution < -0.4 is 10.6 Å². The summed E-state index contributed by atoms with van der Waals surface area (Å²) in [5, 5.41) is 0. The molecule has 1 aromatic heterocycles. The Kier molecular flexibility index (Phi) is 3.08. The van der Waals surface area contributed by atoms with Crippen molar-refractivity contribution in [3.8, 4) is 0 Å². The van der Waals surface area contributed by atoms with E-state index in [9.17, 15) is 4.79 Å². The van der Waals surface area contributed by atoms with Crippen LogP contribution in [0.15, 0.2) is 18.3 Å². The van der Waals surface area contributed by atoms with Crippen LogP contribution in [0.3, 0.4) is 0 Å². The maximum atomic E-state index is 11.0. The number of halogens is 1.